The van der Waals surface area contributed by atoms with E-state index in [1.807, 2.05) is 78.9 Å². The van der Waals surface area contributed by atoms with Crippen LogP contribution in [0.3, 0.4) is 0 Å². The van der Waals surface area contributed by atoms with Crippen LogP contribution in [0, 0.1) is 0 Å². The van der Waals surface area contributed by atoms with Crippen molar-refractivity contribution in [1.82, 2.24) is 9.97 Å². The topological polar surface area (TPSA) is 35.0 Å². The van der Waals surface area contributed by atoms with Gasteiger partial charge in [0.25, 0.3) is 0 Å². The van der Waals surface area contributed by atoms with Gasteiger partial charge in [0.15, 0.2) is 5.82 Å². The molecular formula is C38H24N2O. The first-order valence-electron chi connectivity index (χ1n) is 15.4. The maximum Gasteiger partial charge on any atom is 0.160 e. The molecule has 0 aliphatic carbocycles. The molecule has 1 aliphatic rings. The lowest BCUT2D eigenvalue weighted by Gasteiger charge is -2.22. The summed E-state index contributed by atoms with van der Waals surface area (Å²) in [5, 5.41) is 2.15. The molecule has 7 aromatic rings. The maximum atomic E-state index is 9.00. The second-order valence-electron chi connectivity index (χ2n) is 9.92. The Morgan fingerprint density at radius 3 is 1.88 bits per heavy atom. The van der Waals surface area contributed by atoms with Crippen LogP contribution in [0.25, 0.3) is 66.9 Å². The first-order chi connectivity index (χ1) is 22.0. The lowest BCUT2D eigenvalue weighted by Crippen LogP contribution is -1.99. The van der Waals surface area contributed by atoms with Gasteiger partial charge in [-0.05, 0) is 52.4 Å². The molecule has 0 atom stereocenters. The summed E-state index contributed by atoms with van der Waals surface area (Å²) in [6.45, 7) is 0. The summed E-state index contributed by atoms with van der Waals surface area (Å²) in [6.07, 6.45) is 0. The molecule has 0 saturated carbocycles. The molecule has 0 fully saturated rings. The largest absolute Gasteiger partial charge is 0.456 e. The molecule has 0 N–H and O–H groups in total. The minimum absolute atomic E-state index is 0.115. The van der Waals surface area contributed by atoms with Gasteiger partial charge in [-0.1, -0.05) is 115 Å². The highest BCUT2D eigenvalue weighted by Gasteiger charge is 2.21. The van der Waals surface area contributed by atoms with Crippen molar-refractivity contribution in [2.24, 2.45) is 0 Å². The Labute approximate surface area is 244 Å². The lowest BCUT2D eigenvalue weighted by atomic mass is 9.93. The Hall–Kier alpha value is -5.54. The van der Waals surface area contributed by atoms with E-state index < -0.39 is 0 Å². The average molecular weight is 529 g/mol. The van der Waals surface area contributed by atoms with Crippen molar-refractivity contribution < 1.29 is 10.2 Å². The second kappa shape index (κ2) is 9.58. The van der Waals surface area contributed by atoms with Gasteiger partial charge in [0.05, 0.1) is 16.9 Å². The molecule has 1 aromatic heterocycles. The second-order valence-corrected chi connectivity index (χ2v) is 9.92. The van der Waals surface area contributed by atoms with E-state index in [2.05, 4.69) is 24.3 Å². The summed E-state index contributed by atoms with van der Waals surface area (Å²) >= 11 is 0. The molecule has 2 heterocycles. The molecule has 0 amide bonds. The number of hydrogen-bond acceptors (Lipinski definition) is 3. The molecule has 0 saturated heterocycles. The van der Waals surface area contributed by atoms with Crippen molar-refractivity contribution in [3.8, 4) is 67.7 Å². The predicted octanol–water partition coefficient (Wildman–Crippen LogP) is 10.1. The normalized spacial score (nSPS) is 13.0. The molecule has 6 aromatic carbocycles. The number of rotatable bonds is 4. The zero-order valence-corrected chi connectivity index (χ0v) is 21.8. The molecule has 0 unspecified atom stereocenters. The highest BCUT2D eigenvalue weighted by molar-refractivity contribution is 6.04. The van der Waals surface area contributed by atoms with E-state index in [1.165, 1.54) is 0 Å². The van der Waals surface area contributed by atoms with E-state index in [9.17, 15) is 0 Å². The van der Waals surface area contributed by atoms with E-state index in [-0.39, 0.29) is 35.3 Å². The van der Waals surface area contributed by atoms with Crippen LogP contribution in [0.2, 0.25) is 0 Å². The van der Waals surface area contributed by atoms with E-state index >= 15 is 0 Å². The zero-order chi connectivity index (χ0) is 30.7. The highest BCUT2D eigenvalue weighted by Crippen LogP contribution is 2.47. The van der Waals surface area contributed by atoms with Crippen LogP contribution in [0.5, 0.6) is 11.5 Å². The third-order valence-corrected chi connectivity index (χ3v) is 7.35. The fourth-order valence-corrected chi connectivity index (χ4v) is 5.35. The predicted molar refractivity (Wildman–Crippen MR) is 167 cm³/mol. The Balaban J connectivity index is 1.34. The average Bonchev–Trinajstić information content (AvgIpc) is 3.08. The molecular weight excluding hydrogens is 500 g/mol. The summed E-state index contributed by atoms with van der Waals surface area (Å²) in [5.74, 6) is 1.99. The Morgan fingerprint density at radius 2 is 1.12 bits per heavy atom. The standard InChI is InChI=1S/C38H24N2O/c1-3-9-25(10-4-1)26-17-19-27(20-18-26)33-24-34(40-38(39-33)29-11-5-2-6-12-29)30-21-22-35-32(23-30)31-15-7-13-28-14-8-16-36(41-35)37(28)31/h1-24H/i17D,18D,19D,20D. The van der Waals surface area contributed by atoms with E-state index in [4.69, 9.17) is 20.2 Å². The number of nitrogens with zero attached hydrogens (tertiary/aromatic N) is 2. The quantitative estimate of drug-likeness (QED) is 0.228. The molecule has 3 nitrogen and oxygen atoms in total. The van der Waals surface area contributed by atoms with Crippen LogP contribution >= 0.6 is 0 Å². The first kappa shape index (κ1) is 19.5. The van der Waals surface area contributed by atoms with E-state index in [0.29, 0.717) is 22.8 Å². The van der Waals surface area contributed by atoms with Gasteiger partial charge in [-0.3, -0.25) is 0 Å². The lowest BCUT2D eigenvalue weighted by molar-refractivity contribution is 0.487. The monoisotopic (exact) mass is 528 g/mol. The van der Waals surface area contributed by atoms with Gasteiger partial charge < -0.3 is 4.74 Å². The van der Waals surface area contributed by atoms with Gasteiger partial charge in [0, 0.05) is 27.6 Å². The summed E-state index contributed by atoms with van der Waals surface area (Å²) in [6, 6.07) is 38.0. The molecule has 3 heteroatoms. The minimum Gasteiger partial charge on any atom is -0.456 e. The van der Waals surface area contributed by atoms with Crippen molar-refractivity contribution in [2.75, 3.05) is 0 Å². The van der Waals surface area contributed by atoms with Crippen LogP contribution in [0.1, 0.15) is 5.48 Å². The number of benzene rings is 6. The van der Waals surface area contributed by atoms with Crippen molar-refractivity contribution in [2.45, 2.75) is 0 Å². The van der Waals surface area contributed by atoms with Crippen molar-refractivity contribution in [3.05, 3.63) is 145 Å². The minimum atomic E-state index is -0.152. The Bertz CT molecular complexity index is 2250. The molecule has 1 aliphatic heterocycles. The molecule has 0 bridgehead atoms. The fraction of sp³-hybridized carbons (Fsp3) is 0. The van der Waals surface area contributed by atoms with Gasteiger partial charge in [-0.2, -0.15) is 0 Å². The van der Waals surface area contributed by atoms with Gasteiger partial charge in [-0.25, -0.2) is 9.97 Å². The summed E-state index contributed by atoms with van der Waals surface area (Å²) < 4.78 is 42.0. The molecule has 41 heavy (non-hydrogen) atoms. The smallest absolute Gasteiger partial charge is 0.160 e. The van der Waals surface area contributed by atoms with Crippen LogP contribution in [-0.4, -0.2) is 9.97 Å². The van der Waals surface area contributed by atoms with E-state index in [0.717, 1.165) is 44.5 Å². The van der Waals surface area contributed by atoms with Gasteiger partial charge >= 0.3 is 0 Å². The number of aromatic nitrogens is 2. The van der Waals surface area contributed by atoms with Gasteiger partial charge in [0.2, 0.25) is 0 Å². The molecule has 8 rings (SSSR count). The fourth-order valence-electron chi connectivity index (χ4n) is 5.35. The summed E-state index contributed by atoms with van der Waals surface area (Å²) in [5.41, 5.74) is 5.52. The third-order valence-electron chi connectivity index (χ3n) is 7.35. The Kier molecular flexibility index (Phi) is 4.56. The number of ether oxygens (including phenoxy) is 1. The van der Waals surface area contributed by atoms with Gasteiger partial charge in [-0.15, -0.1) is 0 Å². The molecule has 0 spiro atoms. The van der Waals surface area contributed by atoms with Crippen LogP contribution < -0.4 is 4.74 Å². The zero-order valence-electron chi connectivity index (χ0n) is 25.8. The molecule has 192 valence electrons. The SMILES string of the molecule is [2H]c1c([2H])c(-c2cc(-c3ccc4c(c3)-c3cccc5cccc(c35)O4)nc(-c3ccccc3)n2)c([2H])c([2H])c1-c1ccccc1. The summed E-state index contributed by atoms with van der Waals surface area (Å²) in [4.78, 5) is 9.75. The molecule has 0 radical (unpaired) electrons. The van der Waals surface area contributed by atoms with Crippen LogP contribution in [0.15, 0.2) is 145 Å². The van der Waals surface area contributed by atoms with Crippen molar-refractivity contribution in [1.29, 1.82) is 0 Å². The van der Waals surface area contributed by atoms with Crippen LogP contribution in [0.4, 0.5) is 0 Å². The number of hydrogen-bond donors (Lipinski definition) is 0. The van der Waals surface area contributed by atoms with Crippen LogP contribution in [-0.2, 0) is 0 Å². The maximum absolute atomic E-state index is 9.00. The van der Waals surface area contributed by atoms with Crippen molar-refractivity contribution in [3.63, 3.8) is 0 Å². The number of fused-ring (bicyclic) bond motifs is 2. The first-order valence-corrected chi connectivity index (χ1v) is 13.4. The Morgan fingerprint density at radius 1 is 0.463 bits per heavy atom. The summed E-state index contributed by atoms with van der Waals surface area (Å²) in [7, 11) is 0. The van der Waals surface area contributed by atoms with Crippen molar-refractivity contribution >= 4 is 10.8 Å². The van der Waals surface area contributed by atoms with E-state index in [1.54, 1.807) is 18.2 Å². The third kappa shape index (κ3) is 4.16. The highest BCUT2D eigenvalue weighted by atomic mass is 16.5. The van der Waals surface area contributed by atoms with Gasteiger partial charge in [0.1, 0.15) is 11.5 Å².